The first-order valence-corrected chi connectivity index (χ1v) is 6.59. The fraction of sp³-hybridized carbons (Fsp3) is 1.00. The molecule has 10 heavy (non-hydrogen) atoms. The van der Waals surface area contributed by atoms with Crippen LogP contribution in [0.1, 0.15) is 13.8 Å². The molecule has 64 valence electrons. The van der Waals surface area contributed by atoms with E-state index in [4.69, 9.17) is 14.7 Å². The molecular weight excluding hydrogens is 366 g/mol. The number of rotatable bonds is 2. The third-order valence-corrected chi connectivity index (χ3v) is 6.67. The molecule has 0 spiro atoms. The predicted octanol–water partition coefficient (Wildman–Crippen LogP) is -0.617. The molecule has 0 rings (SSSR count). The summed E-state index contributed by atoms with van der Waals surface area (Å²) in [4.78, 5) is 26.1. The maximum atomic E-state index is 8.71. The molecule has 0 unspecified atom stereocenters. The zero-order chi connectivity index (χ0) is 7.49. The van der Waals surface area contributed by atoms with Gasteiger partial charge >= 0.3 is 27.3 Å². The molecule has 0 atom stereocenters. The molecule has 6 heteroatoms. The van der Waals surface area contributed by atoms with Crippen LogP contribution in [0.2, 0.25) is 0 Å². The first-order valence-electron chi connectivity index (χ1n) is 2.77. The first-order chi connectivity index (χ1) is 4.02. The molecule has 0 fully saturated rings. The van der Waals surface area contributed by atoms with Gasteiger partial charge in [-0.3, -0.25) is 0 Å². The standard InChI is InChI=1S/C4H13O3PS.Pb.2H/c1-3-9(4-2)8(5,6)7;;;/h5-7H,3-4H2,1-2H3;;;. The van der Waals surface area contributed by atoms with Gasteiger partial charge < -0.3 is 14.7 Å². The summed E-state index contributed by atoms with van der Waals surface area (Å²) in [5, 5.41) is 0. The fourth-order valence-corrected chi connectivity index (χ4v) is 3.73. The summed E-state index contributed by atoms with van der Waals surface area (Å²) in [6.07, 6.45) is 0. The second kappa shape index (κ2) is 6.14. The summed E-state index contributed by atoms with van der Waals surface area (Å²) in [6, 6.07) is 0. The van der Waals surface area contributed by atoms with E-state index >= 15 is 0 Å². The topological polar surface area (TPSA) is 60.7 Å². The van der Waals surface area contributed by atoms with E-state index in [1.54, 1.807) is 0 Å². The van der Waals surface area contributed by atoms with Crippen molar-refractivity contribution < 1.29 is 14.7 Å². The second-order valence-corrected chi connectivity index (χ2v) is 7.68. The Kier molecular flexibility index (Phi) is 8.67. The van der Waals surface area contributed by atoms with Gasteiger partial charge in [0.05, 0.1) is 0 Å². The van der Waals surface area contributed by atoms with Gasteiger partial charge in [0, 0.05) is 0 Å². The zero-order valence-electron chi connectivity index (χ0n) is 6.32. The molecule has 0 aromatic carbocycles. The maximum absolute atomic E-state index is 8.71. The average molecular weight is 381 g/mol. The van der Waals surface area contributed by atoms with Crippen LogP contribution < -0.4 is 0 Å². The molecule has 0 aliphatic rings. The summed E-state index contributed by atoms with van der Waals surface area (Å²) in [5.74, 6) is 1.29. The molecular formula is C4H15O3PPbS. The number of hydrogen-bond acceptors (Lipinski definition) is 0. The Labute approximate surface area is 83.8 Å². The molecule has 0 aromatic rings. The van der Waals surface area contributed by atoms with E-state index in [-0.39, 0.29) is 27.3 Å². The van der Waals surface area contributed by atoms with Crippen molar-refractivity contribution in [3.8, 4) is 0 Å². The van der Waals surface area contributed by atoms with Crippen LogP contribution in [0.3, 0.4) is 0 Å². The molecule has 0 aliphatic carbocycles. The summed E-state index contributed by atoms with van der Waals surface area (Å²) < 4.78 is 0. The van der Waals surface area contributed by atoms with Crippen LogP contribution in [0.15, 0.2) is 0 Å². The second-order valence-electron chi connectivity index (χ2n) is 1.55. The van der Waals surface area contributed by atoms with E-state index in [1.165, 1.54) is 0 Å². The van der Waals surface area contributed by atoms with Crippen LogP contribution in [0.4, 0.5) is 0 Å². The van der Waals surface area contributed by atoms with Gasteiger partial charge in [-0.25, -0.2) is 0 Å². The third kappa shape index (κ3) is 5.26. The van der Waals surface area contributed by atoms with Crippen molar-refractivity contribution in [3.05, 3.63) is 0 Å². The zero-order valence-corrected chi connectivity index (χ0v) is 13.5. The van der Waals surface area contributed by atoms with Crippen molar-refractivity contribution in [1.82, 2.24) is 0 Å². The van der Waals surface area contributed by atoms with E-state index in [9.17, 15) is 0 Å². The molecule has 2 radical (unpaired) electrons. The fourth-order valence-electron chi connectivity index (χ4n) is 0.551. The van der Waals surface area contributed by atoms with Gasteiger partial charge in [-0.2, -0.15) is 0 Å². The van der Waals surface area contributed by atoms with Crippen LogP contribution in [-0.2, 0) is 10.1 Å². The Morgan fingerprint density at radius 3 is 1.40 bits per heavy atom. The van der Waals surface area contributed by atoms with E-state index < -0.39 is 16.8 Å². The van der Waals surface area contributed by atoms with Crippen molar-refractivity contribution in [3.63, 3.8) is 0 Å². The quantitative estimate of drug-likeness (QED) is 0.442. The van der Waals surface area contributed by atoms with Crippen LogP contribution in [-0.4, -0.2) is 53.5 Å². The van der Waals surface area contributed by atoms with Crippen molar-refractivity contribution in [2.24, 2.45) is 0 Å². The number of hydrogen-bond donors (Lipinski definition) is 3. The van der Waals surface area contributed by atoms with E-state index in [0.717, 1.165) is 0 Å². The molecule has 0 saturated carbocycles. The minimum atomic E-state index is -3.50. The van der Waals surface area contributed by atoms with Gasteiger partial charge in [0.2, 0.25) is 0 Å². The Morgan fingerprint density at radius 1 is 1.10 bits per heavy atom. The molecule has 0 aliphatic heterocycles. The Bertz CT molecular complexity index is 129. The Hall–Kier alpha value is 1.58. The van der Waals surface area contributed by atoms with E-state index in [1.807, 2.05) is 13.8 Å². The van der Waals surface area contributed by atoms with Crippen molar-refractivity contribution >= 4 is 44.1 Å². The normalized spacial score (nSPS) is 11.4. The van der Waals surface area contributed by atoms with E-state index in [0.29, 0.717) is 11.5 Å². The van der Waals surface area contributed by atoms with Crippen molar-refractivity contribution in [2.75, 3.05) is 11.5 Å². The monoisotopic (exact) mass is 382 g/mol. The molecule has 3 N–H and O–H groups in total. The summed E-state index contributed by atoms with van der Waals surface area (Å²) in [7, 11) is -0.578. The van der Waals surface area contributed by atoms with Crippen LogP contribution in [0.25, 0.3) is 0 Å². The predicted molar refractivity (Wildman–Crippen MR) is 50.6 cm³/mol. The minimum absolute atomic E-state index is 0. The molecule has 0 heterocycles. The molecule has 0 saturated heterocycles. The first kappa shape index (κ1) is 14.1. The molecule has 0 amide bonds. The van der Waals surface area contributed by atoms with Gasteiger partial charge in [-0.05, 0) is 11.5 Å². The van der Waals surface area contributed by atoms with Gasteiger partial charge in [-0.15, -0.1) is 10.1 Å². The molecule has 3 nitrogen and oxygen atoms in total. The Morgan fingerprint density at radius 2 is 1.40 bits per heavy atom. The SMILES string of the molecule is CCS(CC)=P(O)(O)O.[PbH2]. The molecule has 0 bridgehead atoms. The summed E-state index contributed by atoms with van der Waals surface area (Å²) in [5.41, 5.74) is 0. The van der Waals surface area contributed by atoms with Gasteiger partial charge in [-0.1, -0.05) is 13.8 Å². The Balaban J connectivity index is 0. The summed E-state index contributed by atoms with van der Waals surface area (Å²) >= 11 is 0. The van der Waals surface area contributed by atoms with E-state index in [2.05, 4.69) is 0 Å². The molecule has 0 aromatic heterocycles. The van der Waals surface area contributed by atoms with Gasteiger partial charge in [0.25, 0.3) is 6.72 Å². The van der Waals surface area contributed by atoms with Gasteiger partial charge in [0.15, 0.2) is 0 Å². The average Bonchev–Trinajstić information content (AvgIpc) is 1.65. The third-order valence-electron chi connectivity index (χ3n) is 1.01. The van der Waals surface area contributed by atoms with Gasteiger partial charge in [0.1, 0.15) is 0 Å². The van der Waals surface area contributed by atoms with Crippen molar-refractivity contribution in [1.29, 1.82) is 0 Å². The summed E-state index contributed by atoms with van der Waals surface area (Å²) in [6.45, 7) is 0.177. The van der Waals surface area contributed by atoms with Crippen LogP contribution in [0.5, 0.6) is 0 Å². The van der Waals surface area contributed by atoms with Crippen LogP contribution >= 0.6 is 6.72 Å². The van der Waals surface area contributed by atoms with Crippen molar-refractivity contribution in [2.45, 2.75) is 13.8 Å². The van der Waals surface area contributed by atoms with Crippen LogP contribution in [0, 0.1) is 0 Å².